The minimum absolute atomic E-state index is 0.654. The van der Waals surface area contributed by atoms with Crippen molar-refractivity contribution < 1.29 is 0 Å². The molecule has 0 N–H and O–H groups in total. The first kappa shape index (κ1) is 13.7. The van der Waals surface area contributed by atoms with E-state index in [9.17, 15) is 0 Å². The molecule has 2 saturated heterocycles. The second-order valence-electron chi connectivity index (χ2n) is 7.65. The number of amidine groups is 1. The smallest absolute Gasteiger partial charge is 0.109 e. The molecule has 2 saturated carbocycles. The molecule has 4 bridgehead atoms. The van der Waals surface area contributed by atoms with E-state index in [1.54, 1.807) is 0 Å². The maximum atomic E-state index is 6.49. The normalized spacial score (nSPS) is 35.0. The van der Waals surface area contributed by atoms with Gasteiger partial charge in [0.05, 0.1) is 5.69 Å². The molecule has 0 spiro atoms. The van der Waals surface area contributed by atoms with Crippen LogP contribution in [0.2, 0.25) is 10.0 Å². The molecule has 1 aromatic carbocycles. The molecule has 2 atom stereocenters. The van der Waals surface area contributed by atoms with Gasteiger partial charge in [0, 0.05) is 34.1 Å². The number of benzene rings is 1. The van der Waals surface area contributed by atoms with Gasteiger partial charge in [-0.1, -0.05) is 23.2 Å². The quantitative estimate of drug-likeness (QED) is 0.623. The maximum absolute atomic E-state index is 6.49. The summed E-state index contributed by atoms with van der Waals surface area (Å²) in [5.74, 6) is 3.82. The van der Waals surface area contributed by atoms with Crippen LogP contribution >= 0.6 is 23.2 Å². The zero-order valence-electron chi connectivity index (χ0n) is 12.8. The average molecular weight is 335 g/mol. The molecule has 4 heteroatoms. The number of aliphatic imine (C=N–C) groups is 1. The van der Waals surface area contributed by atoms with Gasteiger partial charge in [-0.05, 0) is 62.5 Å². The van der Waals surface area contributed by atoms with Crippen molar-refractivity contribution in [2.75, 3.05) is 0 Å². The van der Waals surface area contributed by atoms with Crippen molar-refractivity contribution >= 4 is 34.7 Å². The van der Waals surface area contributed by atoms with E-state index < -0.39 is 0 Å². The Morgan fingerprint density at radius 3 is 2.50 bits per heavy atom. The SMILES string of the molecule is Cc1c(Cl)cc(Cl)c2c1N=C1C3C[C@H]4CC(C[C@H](C3)C4)N1C2. The lowest BCUT2D eigenvalue weighted by Gasteiger charge is -2.39. The Hall–Kier alpha value is -0.730. The van der Waals surface area contributed by atoms with Crippen molar-refractivity contribution in [1.29, 1.82) is 0 Å². The van der Waals surface area contributed by atoms with E-state index in [0.29, 0.717) is 12.0 Å². The zero-order chi connectivity index (χ0) is 15.0. The summed E-state index contributed by atoms with van der Waals surface area (Å²) in [4.78, 5) is 7.71. The second kappa shape index (κ2) is 4.64. The molecular formula is C18H20Cl2N2. The molecular weight excluding hydrogens is 315 g/mol. The van der Waals surface area contributed by atoms with Crippen molar-refractivity contribution in [3.8, 4) is 0 Å². The molecule has 0 unspecified atom stereocenters. The summed E-state index contributed by atoms with van der Waals surface area (Å²) in [7, 11) is 0. The first-order valence-corrected chi connectivity index (χ1v) is 9.18. The zero-order valence-corrected chi connectivity index (χ0v) is 14.3. The number of halogens is 2. The molecule has 1 aromatic rings. The monoisotopic (exact) mass is 334 g/mol. The molecule has 4 fully saturated rings. The summed E-state index contributed by atoms with van der Waals surface area (Å²) in [5.41, 5.74) is 3.30. The molecule has 2 aliphatic carbocycles. The third-order valence-electron chi connectivity index (χ3n) is 6.31. The van der Waals surface area contributed by atoms with Gasteiger partial charge in [-0.2, -0.15) is 0 Å². The van der Waals surface area contributed by atoms with Gasteiger partial charge >= 0.3 is 0 Å². The Bertz CT molecular complexity index is 683. The lowest BCUT2D eigenvalue weighted by Crippen LogP contribution is -2.42. The van der Waals surface area contributed by atoms with Gasteiger partial charge in [-0.25, -0.2) is 4.99 Å². The lowest BCUT2D eigenvalue weighted by atomic mass is 9.68. The Morgan fingerprint density at radius 1 is 1.05 bits per heavy atom. The summed E-state index contributed by atoms with van der Waals surface area (Å²) < 4.78 is 0. The highest BCUT2D eigenvalue weighted by molar-refractivity contribution is 6.36. The van der Waals surface area contributed by atoms with E-state index in [1.165, 1.54) is 43.5 Å². The molecule has 2 nitrogen and oxygen atoms in total. The van der Waals surface area contributed by atoms with Gasteiger partial charge in [0.2, 0.25) is 0 Å². The van der Waals surface area contributed by atoms with Crippen LogP contribution in [0.1, 0.15) is 43.2 Å². The first-order valence-electron chi connectivity index (χ1n) is 8.43. The average Bonchev–Trinajstić information content (AvgIpc) is 2.65. The van der Waals surface area contributed by atoms with Crippen LogP contribution in [0.5, 0.6) is 0 Å². The van der Waals surface area contributed by atoms with Crippen molar-refractivity contribution in [3.05, 3.63) is 27.2 Å². The van der Waals surface area contributed by atoms with Gasteiger partial charge in [-0.3, -0.25) is 0 Å². The molecule has 5 aliphatic rings. The third kappa shape index (κ3) is 1.83. The van der Waals surface area contributed by atoms with E-state index >= 15 is 0 Å². The first-order chi connectivity index (χ1) is 10.6. The molecule has 3 aliphatic heterocycles. The number of fused-ring (bicyclic) bond motifs is 1. The van der Waals surface area contributed by atoms with Gasteiger partial charge in [0.1, 0.15) is 5.84 Å². The van der Waals surface area contributed by atoms with Crippen LogP contribution in [0.4, 0.5) is 5.69 Å². The topological polar surface area (TPSA) is 15.6 Å². The predicted octanol–water partition coefficient (Wildman–Crippen LogP) is 5.36. The minimum Gasteiger partial charge on any atom is -0.352 e. The minimum atomic E-state index is 0.654. The van der Waals surface area contributed by atoms with Crippen molar-refractivity contribution in [2.24, 2.45) is 22.7 Å². The Balaban J connectivity index is 1.69. The third-order valence-corrected chi connectivity index (χ3v) is 7.04. The lowest BCUT2D eigenvalue weighted by molar-refractivity contribution is 0.128. The fourth-order valence-electron chi connectivity index (χ4n) is 5.41. The maximum Gasteiger partial charge on any atom is 0.109 e. The van der Waals surface area contributed by atoms with Crippen molar-refractivity contribution in [2.45, 2.75) is 51.6 Å². The van der Waals surface area contributed by atoms with Crippen molar-refractivity contribution in [3.63, 3.8) is 0 Å². The van der Waals surface area contributed by atoms with Crippen LogP contribution in [0.25, 0.3) is 0 Å². The number of nitrogens with zero attached hydrogens (tertiary/aromatic N) is 2. The Kier molecular flexibility index (Phi) is 2.89. The number of hydrogen-bond acceptors (Lipinski definition) is 2. The van der Waals surface area contributed by atoms with Crippen LogP contribution in [0.15, 0.2) is 11.1 Å². The summed E-state index contributed by atoms with van der Waals surface area (Å²) in [6.45, 7) is 2.99. The van der Waals surface area contributed by atoms with E-state index in [0.717, 1.165) is 39.7 Å². The molecule has 6 rings (SSSR count). The number of hydrogen-bond donors (Lipinski definition) is 0. The molecule has 116 valence electrons. The van der Waals surface area contributed by atoms with Gasteiger partial charge < -0.3 is 4.90 Å². The van der Waals surface area contributed by atoms with Crippen LogP contribution in [0, 0.1) is 24.7 Å². The summed E-state index contributed by atoms with van der Waals surface area (Å²) >= 11 is 12.8. The van der Waals surface area contributed by atoms with Crippen molar-refractivity contribution in [1.82, 2.24) is 4.90 Å². The molecule has 3 heterocycles. The highest BCUT2D eigenvalue weighted by Crippen LogP contribution is 2.51. The highest BCUT2D eigenvalue weighted by atomic mass is 35.5. The van der Waals surface area contributed by atoms with Crippen LogP contribution in [-0.2, 0) is 6.54 Å². The highest BCUT2D eigenvalue weighted by Gasteiger charge is 2.46. The van der Waals surface area contributed by atoms with E-state index in [1.807, 2.05) is 6.07 Å². The summed E-state index contributed by atoms with van der Waals surface area (Å²) in [5, 5.41) is 1.51. The van der Waals surface area contributed by atoms with E-state index in [4.69, 9.17) is 28.2 Å². The van der Waals surface area contributed by atoms with Crippen LogP contribution in [0.3, 0.4) is 0 Å². The fraction of sp³-hybridized carbons (Fsp3) is 0.611. The van der Waals surface area contributed by atoms with E-state index in [-0.39, 0.29) is 0 Å². The van der Waals surface area contributed by atoms with Gasteiger partial charge in [0.15, 0.2) is 0 Å². The summed E-state index contributed by atoms with van der Waals surface area (Å²) in [6.07, 6.45) is 6.83. The molecule has 0 radical (unpaired) electrons. The Morgan fingerprint density at radius 2 is 1.77 bits per heavy atom. The molecule has 0 aromatic heterocycles. The van der Waals surface area contributed by atoms with Gasteiger partial charge in [-0.15, -0.1) is 0 Å². The largest absolute Gasteiger partial charge is 0.352 e. The fourth-order valence-corrected chi connectivity index (χ4v) is 5.93. The predicted molar refractivity (Wildman–Crippen MR) is 91.2 cm³/mol. The standard InChI is InChI=1S/C18H20Cl2N2/c1-9-15(19)7-16(20)14-8-22-13-5-10-2-11(6-13)4-12(3-10)18(22)21-17(9)14/h7,10-13H,2-6,8H2,1H3/t10-,11-,12?,13?/m0/s1. The Labute approximate surface area is 141 Å². The van der Waals surface area contributed by atoms with Crippen LogP contribution < -0.4 is 0 Å². The second-order valence-corrected chi connectivity index (χ2v) is 8.47. The van der Waals surface area contributed by atoms with E-state index in [2.05, 4.69) is 11.8 Å². The molecule has 0 amide bonds. The van der Waals surface area contributed by atoms with Gasteiger partial charge in [0.25, 0.3) is 0 Å². The molecule has 22 heavy (non-hydrogen) atoms. The van der Waals surface area contributed by atoms with Crippen LogP contribution in [-0.4, -0.2) is 16.8 Å². The number of rotatable bonds is 0. The summed E-state index contributed by atoms with van der Waals surface area (Å²) in [6, 6.07) is 2.56.